The Morgan fingerprint density at radius 2 is 1.73 bits per heavy atom. The fraction of sp³-hybridized carbons (Fsp3) is 0.176. The average Bonchev–Trinajstić information content (AvgIpc) is 2.90. The smallest absolute Gasteiger partial charge is 0.195 e. The number of aryl methyl sites for hydroxylation is 2. The summed E-state index contributed by atoms with van der Waals surface area (Å²) in [5.41, 5.74) is 2.37. The summed E-state index contributed by atoms with van der Waals surface area (Å²) in [5.74, 6) is 1.85. The predicted octanol–water partition coefficient (Wildman–Crippen LogP) is 4.56. The molecular formula is C17H16ClN3S. The third kappa shape index (κ3) is 3.51. The molecule has 22 heavy (non-hydrogen) atoms. The minimum absolute atomic E-state index is 0.729. The second kappa shape index (κ2) is 6.99. The number of hydrogen-bond donors (Lipinski definition) is 0. The first-order valence-electron chi connectivity index (χ1n) is 7.09. The van der Waals surface area contributed by atoms with Crippen LogP contribution < -0.4 is 0 Å². The average molecular weight is 330 g/mol. The van der Waals surface area contributed by atoms with E-state index in [1.807, 2.05) is 37.3 Å². The van der Waals surface area contributed by atoms with Crippen molar-refractivity contribution in [1.29, 1.82) is 0 Å². The first-order chi connectivity index (χ1) is 10.7. The Morgan fingerprint density at radius 3 is 2.45 bits per heavy atom. The van der Waals surface area contributed by atoms with Gasteiger partial charge in [-0.1, -0.05) is 53.7 Å². The summed E-state index contributed by atoms with van der Waals surface area (Å²) in [6.45, 7) is 1.96. The summed E-state index contributed by atoms with van der Waals surface area (Å²) >= 11 is 7.68. The molecular weight excluding hydrogens is 314 g/mol. The maximum Gasteiger partial charge on any atom is 0.195 e. The Labute approximate surface area is 139 Å². The molecule has 1 heterocycles. The number of nitrogens with zero attached hydrogens (tertiary/aromatic N) is 3. The molecule has 0 bridgehead atoms. The molecule has 3 aromatic rings. The first kappa shape index (κ1) is 15.1. The van der Waals surface area contributed by atoms with Crippen LogP contribution in [0.1, 0.15) is 11.4 Å². The molecule has 0 aliphatic rings. The highest BCUT2D eigenvalue weighted by Gasteiger charge is 2.11. The van der Waals surface area contributed by atoms with Crippen molar-refractivity contribution in [1.82, 2.24) is 14.8 Å². The Bertz CT molecular complexity index is 738. The van der Waals surface area contributed by atoms with Crippen molar-refractivity contribution < 1.29 is 0 Å². The fourth-order valence-electron chi connectivity index (χ4n) is 2.23. The standard InChI is InChI=1S/C17H16ClN3S/c1-13-19-20-17(21(13)16-9-7-15(18)8-10-16)22-12-11-14-5-3-2-4-6-14/h2-10H,11-12H2,1H3. The lowest BCUT2D eigenvalue weighted by molar-refractivity contribution is 0.867. The largest absolute Gasteiger partial charge is 0.274 e. The molecule has 0 saturated carbocycles. The fourth-order valence-corrected chi connectivity index (χ4v) is 3.34. The van der Waals surface area contributed by atoms with Gasteiger partial charge in [0.2, 0.25) is 0 Å². The second-order valence-electron chi connectivity index (χ2n) is 4.93. The van der Waals surface area contributed by atoms with Crippen molar-refractivity contribution in [2.45, 2.75) is 18.5 Å². The van der Waals surface area contributed by atoms with Gasteiger partial charge in [-0.25, -0.2) is 0 Å². The minimum Gasteiger partial charge on any atom is -0.274 e. The minimum atomic E-state index is 0.729. The topological polar surface area (TPSA) is 30.7 Å². The van der Waals surface area contributed by atoms with Crippen molar-refractivity contribution in [2.75, 3.05) is 5.75 Å². The molecule has 0 saturated heterocycles. The van der Waals surface area contributed by atoms with Gasteiger partial charge in [0.05, 0.1) is 0 Å². The van der Waals surface area contributed by atoms with E-state index in [1.54, 1.807) is 11.8 Å². The number of aromatic nitrogens is 3. The van der Waals surface area contributed by atoms with Gasteiger partial charge in [-0.15, -0.1) is 10.2 Å². The van der Waals surface area contributed by atoms with E-state index in [-0.39, 0.29) is 0 Å². The van der Waals surface area contributed by atoms with Crippen molar-refractivity contribution in [3.05, 3.63) is 71.0 Å². The third-order valence-electron chi connectivity index (χ3n) is 3.34. The third-order valence-corrected chi connectivity index (χ3v) is 4.53. The molecule has 0 unspecified atom stereocenters. The van der Waals surface area contributed by atoms with Crippen LogP contribution in [0.2, 0.25) is 5.02 Å². The van der Waals surface area contributed by atoms with Crippen LogP contribution in [0.15, 0.2) is 59.8 Å². The van der Waals surface area contributed by atoms with Crippen molar-refractivity contribution in [3.63, 3.8) is 0 Å². The Kier molecular flexibility index (Phi) is 4.80. The van der Waals surface area contributed by atoms with Crippen molar-refractivity contribution in [3.8, 4) is 5.69 Å². The molecule has 2 aromatic carbocycles. The molecule has 3 rings (SSSR count). The summed E-state index contributed by atoms with van der Waals surface area (Å²) in [7, 11) is 0. The van der Waals surface area contributed by atoms with Gasteiger partial charge in [0, 0.05) is 16.5 Å². The maximum atomic E-state index is 5.96. The van der Waals surface area contributed by atoms with Crippen molar-refractivity contribution >= 4 is 23.4 Å². The molecule has 0 aliphatic heterocycles. The highest BCUT2D eigenvalue weighted by molar-refractivity contribution is 7.99. The highest BCUT2D eigenvalue weighted by Crippen LogP contribution is 2.23. The maximum absolute atomic E-state index is 5.96. The summed E-state index contributed by atoms with van der Waals surface area (Å²) in [6.07, 6.45) is 1.01. The van der Waals surface area contributed by atoms with Crippen LogP contribution >= 0.6 is 23.4 Å². The van der Waals surface area contributed by atoms with Gasteiger partial charge in [-0.2, -0.15) is 0 Å². The van der Waals surface area contributed by atoms with E-state index in [0.717, 1.165) is 33.9 Å². The zero-order valence-corrected chi connectivity index (χ0v) is 13.8. The van der Waals surface area contributed by atoms with Gasteiger partial charge in [0.1, 0.15) is 5.82 Å². The molecule has 0 amide bonds. The van der Waals surface area contributed by atoms with Crippen LogP contribution in [0, 0.1) is 6.92 Å². The monoisotopic (exact) mass is 329 g/mol. The number of rotatable bonds is 5. The summed E-state index contributed by atoms with van der Waals surface area (Å²) in [4.78, 5) is 0. The van der Waals surface area contributed by atoms with Gasteiger partial charge in [-0.3, -0.25) is 4.57 Å². The van der Waals surface area contributed by atoms with E-state index in [9.17, 15) is 0 Å². The van der Waals surface area contributed by atoms with E-state index < -0.39 is 0 Å². The van der Waals surface area contributed by atoms with Gasteiger partial charge >= 0.3 is 0 Å². The molecule has 0 atom stereocenters. The van der Waals surface area contributed by atoms with Crippen LogP contribution in [0.4, 0.5) is 0 Å². The van der Waals surface area contributed by atoms with Crippen LogP contribution in [-0.4, -0.2) is 20.5 Å². The lowest BCUT2D eigenvalue weighted by Gasteiger charge is -2.08. The Morgan fingerprint density at radius 1 is 1.00 bits per heavy atom. The number of halogens is 1. The van der Waals surface area contributed by atoms with E-state index in [4.69, 9.17) is 11.6 Å². The first-order valence-corrected chi connectivity index (χ1v) is 8.45. The Balaban J connectivity index is 1.73. The molecule has 0 N–H and O–H groups in total. The van der Waals surface area contributed by atoms with E-state index in [1.165, 1.54) is 5.56 Å². The number of benzene rings is 2. The molecule has 112 valence electrons. The SMILES string of the molecule is Cc1nnc(SCCc2ccccc2)n1-c1ccc(Cl)cc1. The van der Waals surface area contributed by atoms with E-state index >= 15 is 0 Å². The van der Waals surface area contributed by atoms with E-state index in [0.29, 0.717) is 0 Å². The van der Waals surface area contributed by atoms with Gasteiger partial charge < -0.3 is 0 Å². The number of hydrogen-bond acceptors (Lipinski definition) is 3. The predicted molar refractivity (Wildman–Crippen MR) is 92.0 cm³/mol. The lowest BCUT2D eigenvalue weighted by Crippen LogP contribution is -2.00. The second-order valence-corrected chi connectivity index (χ2v) is 6.42. The molecule has 0 spiro atoms. The number of thioether (sulfide) groups is 1. The lowest BCUT2D eigenvalue weighted by atomic mass is 10.2. The van der Waals surface area contributed by atoms with Gasteiger partial charge in [-0.05, 0) is 43.2 Å². The van der Waals surface area contributed by atoms with Gasteiger partial charge in [0.25, 0.3) is 0 Å². The molecule has 0 fully saturated rings. The molecule has 3 nitrogen and oxygen atoms in total. The Hall–Kier alpha value is -1.78. The summed E-state index contributed by atoms with van der Waals surface area (Å²) in [6, 6.07) is 18.2. The van der Waals surface area contributed by atoms with E-state index in [2.05, 4.69) is 39.0 Å². The van der Waals surface area contributed by atoms with Crippen LogP contribution in [0.3, 0.4) is 0 Å². The molecule has 1 aromatic heterocycles. The summed E-state index contributed by atoms with van der Waals surface area (Å²) in [5, 5.41) is 10.1. The van der Waals surface area contributed by atoms with Crippen molar-refractivity contribution in [2.24, 2.45) is 0 Å². The van der Waals surface area contributed by atoms with Crippen LogP contribution in [0.25, 0.3) is 5.69 Å². The van der Waals surface area contributed by atoms with Gasteiger partial charge in [0.15, 0.2) is 5.16 Å². The quantitative estimate of drug-likeness (QED) is 0.643. The molecule has 5 heteroatoms. The molecule has 0 aliphatic carbocycles. The highest BCUT2D eigenvalue weighted by atomic mass is 35.5. The van der Waals surface area contributed by atoms with Crippen LogP contribution in [-0.2, 0) is 6.42 Å². The zero-order valence-electron chi connectivity index (χ0n) is 12.2. The van der Waals surface area contributed by atoms with Crippen LogP contribution in [0.5, 0.6) is 0 Å². The molecule has 0 radical (unpaired) electrons. The normalized spacial score (nSPS) is 10.8. The summed E-state index contributed by atoms with van der Waals surface area (Å²) < 4.78 is 2.06. The zero-order chi connectivity index (χ0) is 15.4.